The van der Waals surface area contributed by atoms with Crippen LogP contribution in [-0.4, -0.2) is 15.5 Å². The number of nitrogens with zero attached hydrogens (tertiary/aromatic N) is 1. The van der Waals surface area contributed by atoms with Crippen LogP contribution in [0.15, 0.2) is 32.3 Å². The number of aromatic nitrogens is 2. The highest BCUT2D eigenvalue weighted by Gasteiger charge is 2.13. The molecule has 0 saturated heterocycles. The van der Waals surface area contributed by atoms with Crippen LogP contribution in [-0.2, 0) is 6.54 Å². The van der Waals surface area contributed by atoms with Gasteiger partial charge in [-0.25, -0.2) is 10.6 Å². The maximum atomic E-state index is 11.5. The summed E-state index contributed by atoms with van der Waals surface area (Å²) in [6.45, 7) is 1.85. The Labute approximate surface area is 106 Å². The van der Waals surface area contributed by atoms with Crippen molar-refractivity contribution in [2.24, 2.45) is 5.84 Å². The van der Waals surface area contributed by atoms with E-state index < -0.39 is 17.2 Å². The number of nitrogens with two attached hydrogens (primary N) is 1. The minimum absolute atomic E-state index is 0.0625. The third-order valence-corrected chi connectivity index (χ3v) is 2.61. The fraction of sp³-hybridized carbons (Fsp3) is 0.182. The second-order valence-electron chi connectivity index (χ2n) is 3.90. The summed E-state index contributed by atoms with van der Waals surface area (Å²) in [5.74, 6) is 5.01. The number of carbonyl (C=O) groups is 1. The van der Waals surface area contributed by atoms with Gasteiger partial charge in [-0.15, -0.1) is 0 Å². The van der Waals surface area contributed by atoms with E-state index in [1.54, 1.807) is 6.92 Å². The van der Waals surface area contributed by atoms with Crippen LogP contribution in [0, 0.1) is 6.92 Å². The largest absolute Gasteiger partial charge is 0.456 e. The fourth-order valence-corrected chi connectivity index (χ4v) is 1.61. The lowest BCUT2D eigenvalue weighted by Crippen LogP contribution is -2.29. The second-order valence-corrected chi connectivity index (χ2v) is 3.90. The average Bonchev–Trinajstić information content (AvgIpc) is 2.73. The quantitative estimate of drug-likeness (QED) is 0.376. The zero-order chi connectivity index (χ0) is 14.0. The number of hydrogen-bond donors (Lipinski definition) is 3. The molecular formula is C11H12N4O4. The Morgan fingerprint density at radius 1 is 1.53 bits per heavy atom. The Morgan fingerprint density at radius 2 is 2.26 bits per heavy atom. The highest BCUT2D eigenvalue weighted by molar-refractivity contribution is 5.91. The molecule has 0 atom stereocenters. The van der Waals surface area contributed by atoms with Gasteiger partial charge >= 0.3 is 11.6 Å². The smallest absolute Gasteiger partial charge is 0.328 e. The molecule has 0 radical (unpaired) electrons. The van der Waals surface area contributed by atoms with Crippen molar-refractivity contribution in [3.8, 4) is 0 Å². The number of amides is 1. The van der Waals surface area contributed by atoms with Crippen molar-refractivity contribution >= 4 is 5.91 Å². The minimum Gasteiger partial charge on any atom is -0.456 e. The van der Waals surface area contributed by atoms with Gasteiger partial charge in [0.1, 0.15) is 5.76 Å². The standard InChI is InChI=1S/C11H12N4O4/c1-6-7(4-8(19-6)10(17)14-12)5-15-3-2-9(16)13-11(15)18/h2-4H,5,12H2,1H3,(H,14,17)(H,13,16,18). The SMILES string of the molecule is Cc1oc(C(=O)NN)cc1Cn1ccc(=O)[nH]c1=O. The van der Waals surface area contributed by atoms with E-state index in [1.807, 2.05) is 5.43 Å². The predicted octanol–water partition coefficient (Wildman–Crippen LogP) is -0.910. The molecule has 2 heterocycles. The van der Waals surface area contributed by atoms with E-state index in [4.69, 9.17) is 10.3 Å². The molecule has 100 valence electrons. The molecule has 0 spiro atoms. The van der Waals surface area contributed by atoms with Crippen molar-refractivity contribution in [1.82, 2.24) is 15.0 Å². The van der Waals surface area contributed by atoms with Gasteiger partial charge in [0.25, 0.3) is 5.56 Å². The molecule has 0 aromatic carbocycles. The van der Waals surface area contributed by atoms with E-state index >= 15 is 0 Å². The van der Waals surface area contributed by atoms with Gasteiger partial charge in [-0.1, -0.05) is 0 Å². The topological polar surface area (TPSA) is 123 Å². The first-order valence-electron chi connectivity index (χ1n) is 5.41. The van der Waals surface area contributed by atoms with Gasteiger partial charge in [-0.05, 0) is 13.0 Å². The highest BCUT2D eigenvalue weighted by atomic mass is 16.4. The lowest BCUT2D eigenvalue weighted by atomic mass is 10.2. The van der Waals surface area contributed by atoms with Crippen molar-refractivity contribution < 1.29 is 9.21 Å². The predicted molar refractivity (Wildman–Crippen MR) is 65.5 cm³/mol. The average molecular weight is 264 g/mol. The molecule has 8 heteroatoms. The summed E-state index contributed by atoms with van der Waals surface area (Å²) in [7, 11) is 0. The molecule has 0 unspecified atom stereocenters. The third kappa shape index (κ3) is 2.63. The van der Waals surface area contributed by atoms with Gasteiger partial charge in [0, 0.05) is 17.8 Å². The first-order chi connectivity index (χ1) is 9.01. The summed E-state index contributed by atoms with van der Waals surface area (Å²) in [6, 6.07) is 2.74. The molecule has 0 fully saturated rings. The number of aryl methyl sites for hydroxylation is 1. The summed E-state index contributed by atoms with van der Waals surface area (Å²) >= 11 is 0. The monoisotopic (exact) mass is 264 g/mol. The van der Waals surface area contributed by atoms with Gasteiger partial charge < -0.3 is 4.42 Å². The van der Waals surface area contributed by atoms with E-state index in [0.29, 0.717) is 11.3 Å². The number of aromatic amines is 1. The maximum Gasteiger partial charge on any atom is 0.328 e. The number of nitrogen functional groups attached to an aromatic ring is 1. The van der Waals surface area contributed by atoms with Crippen LogP contribution >= 0.6 is 0 Å². The Hall–Kier alpha value is -2.61. The molecule has 0 bridgehead atoms. The van der Waals surface area contributed by atoms with E-state index in [-0.39, 0.29) is 12.3 Å². The normalized spacial score (nSPS) is 10.4. The molecule has 0 aliphatic heterocycles. The minimum atomic E-state index is -0.553. The van der Waals surface area contributed by atoms with Crippen LogP contribution in [0.25, 0.3) is 0 Å². The van der Waals surface area contributed by atoms with Gasteiger partial charge in [0.05, 0.1) is 6.54 Å². The number of hydrazine groups is 1. The van der Waals surface area contributed by atoms with Crippen LogP contribution in [0.5, 0.6) is 0 Å². The van der Waals surface area contributed by atoms with Crippen molar-refractivity contribution in [1.29, 1.82) is 0 Å². The third-order valence-electron chi connectivity index (χ3n) is 2.61. The van der Waals surface area contributed by atoms with Crippen LogP contribution < -0.4 is 22.5 Å². The lowest BCUT2D eigenvalue weighted by molar-refractivity contribution is 0.0924. The first kappa shape index (κ1) is 12.8. The molecular weight excluding hydrogens is 252 g/mol. The van der Waals surface area contributed by atoms with E-state index in [2.05, 4.69) is 4.98 Å². The van der Waals surface area contributed by atoms with Gasteiger partial charge in [0.2, 0.25) is 0 Å². The number of H-pyrrole nitrogens is 1. The molecule has 0 aliphatic rings. The van der Waals surface area contributed by atoms with Crippen molar-refractivity contribution in [3.05, 3.63) is 56.3 Å². The molecule has 2 aromatic heterocycles. The van der Waals surface area contributed by atoms with Crippen molar-refractivity contribution in [2.75, 3.05) is 0 Å². The number of hydrogen-bond acceptors (Lipinski definition) is 5. The number of carbonyl (C=O) groups excluding carboxylic acids is 1. The van der Waals surface area contributed by atoms with E-state index in [9.17, 15) is 14.4 Å². The molecule has 8 nitrogen and oxygen atoms in total. The molecule has 1 amide bonds. The van der Waals surface area contributed by atoms with E-state index in [0.717, 1.165) is 0 Å². The Morgan fingerprint density at radius 3 is 2.89 bits per heavy atom. The summed E-state index contributed by atoms with van der Waals surface area (Å²) in [5.41, 5.74) is 1.61. The Kier molecular flexibility index (Phi) is 3.34. The Balaban J connectivity index is 2.33. The van der Waals surface area contributed by atoms with Crippen molar-refractivity contribution in [2.45, 2.75) is 13.5 Å². The first-order valence-corrected chi connectivity index (χ1v) is 5.41. The lowest BCUT2D eigenvalue weighted by Gasteiger charge is -2.02. The van der Waals surface area contributed by atoms with E-state index in [1.165, 1.54) is 22.9 Å². The molecule has 0 saturated carbocycles. The number of rotatable bonds is 3. The highest BCUT2D eigenvalue weighted by Crippen LogP contribution is 2.15. The van der Waals surface area contributed by atoms with Gasteiger partial charge in [-0.2, -0.15) is 0 Å². The summed E-state index contributed by atoms with van der Waals surface area (Å²) in [6.07, 6.45) is 1.37. The van der Waals surface area contributed by atoms with Crippen LogP contribution in [0.2, 0.25) is 0 Å². The van der Waals surface area contributed by atoms with Crippen LogP contribution in [0.1, 0.15) is 21.9 Å². The zero-order valence-corrected chi connectivity index (χ0v) is 10.1. The second kappa shape index (κ2) is 4.94. The van der Waals surface area contributed by atoms with Crippen molar-refractivity contribution in [3.63, 3.8) is 0 Å². The van der Waals surface area contributed by atoms with Crippen LogP contribution in [0.3, 0.4) is 0 Å². The number of furan rings is 1. The zero-order valence-electron chi connectivity index (χ0n) is 10.1. The van der Waals surface area contributed by atoms with Gasteiger partial charge in [-0.3, -0.25) is 24.6 Å². The fourth-order valence-electron chi connectivity index (χ4n) is 1.61. The summed E-state index contributed by atoms with van der Waals surface area (Å²) in [5, 5.41) is 0. The summed E-state index contributed by atoms with van der Waals surface area (Å²) < 4.78 is 6.52. The molecule has 2 rings (SSSR count). The molecule has 19 heavy (non-hydrogen) atoms. The maximum absolute atomic E-state index is 11.5. The van der Waals surface area contributed by atoms with Gasteiger partial charge in [0.15, 0.2) is 5.76 Å². The Bertz CT molecular complexity index is 725. The molecule has 2 aromatic rings. The molecule has 4 N–H and O–H groups in total. The summed E-state index contributed by atoms with van der Waals surface area (Å²) in [4.78, 5) is 35.9. The number of nitrogens with one attached hydrogen (secondary N) is 2. The van der Waals surface area contributed by atoms with Crippen LogP contribution in [0.4, 0.5) is 0 Å². The molecule has 0 aliphatic carbocycles.